The number of nitrogens with zero attached hydrogens (tertiary/aromatic N) is 3. The normalized spacial score (nSPS) is 31.6. The van der Waals surface area contributed by atoms with Gasteiger partial charge in [-0.3, -0.25) is 14.4 Å². The van der Waals surface area contributed by atoms with Crippen LogP contribution in [0.5, 0.6) is 0 Å². The van der Waals surface area contributed by atoms with E-state index in [4.69, 9.17) is 0 Å². The number of carbonyl (C=O) groups is 3. The van der Waals surface area contributed by atoms with Crippen molar-refractivity contribution in [1.29, 1.82) is 0 Å². The molecule has 3 aliphatic heterocycles. The van der Waals surface area contributed by atoms with Crippen molar-refractivity contribution in [3.05, 3.63) is 25.3 Å². The van der Waals surface area contributed by atoms with Gasteiger partial charge in [-0.15, -0.1) is 24.9 Å². The van der Waals surface area contributed by atoms with Gasteiger partial charge >= 0.3 is 0 Å². The fourth-order valence-corrected chi connectivity index (χ4v) is 9.49. The average Bonchev–Trinajstić information content (AvgIpc) is 3.37. The molecule has 190 valence electrons. The van der Waals surface area contributed by atoms with Crippen LogP contribution in [0.3, 0.4) is 0 Å². The number of hydrogen-bond acceptors (Lipinski definition) is 5. The monoisotopic (exact) mass is 555 g/mol. The number of alkyl halides is 1. The van der Waals surface area contributed by atoms with Crippen LogP contribution in [-0.2, 0) is 14.4 Å². The third kappa shape index (κ3) is 4.60. The lowest BCUT2D eigenvalue weighted by molar-refractivity contribution is -0.144. The summed E-state index contributed by atoms with van der Waals surface area (Å²) < 4.78 is -0.631. The molecular weight excluding hydrogens is 518 g/mol. The van der Waals surface area contributed by atoms with Crippen molar-refractivity contribution < 1.29 is 19.5 Å². The third-order valence-corrected chi connectivity index (χ3v) is 10.6. The van der Waals surface area contributed by atoms with Crippen LogP contribution >= 0.6 is 27.7 Å². The van der Waals surface area contributed by atoms with Crippen LogP contribution in [-0.4, -0.2) is 97.7 Å². The number of unbranched alkanes of at least 4 members (excludes halogenated alkanes) is 2. The molecule has 1 spiro atoms. The molecule has 0 radical (unpaired) electrons. The molecule has 2 bridgehead atoms. The maximum Gasteiger partial charge on any atom is 0.247 e. The van der Waals surface area contributed by atoms with Crippen molar-refractivity contribution in [3.63, 3.8) is 0 Å². The number of aliphatic hydroxyl groups is 1. The van der Waals surface area contributed by atoms with Crippen LogP contribution < -0.4 is 0 Å². The van der Waals surface area contributed by atoms with E-state index in [1.54, 1.807) is 45.7 Å². The second kappa shape index (κ2) is 11.2. The van der Waals surface area contributed by atoms with Crippen molar-refractivity contribution >= 4 is 45.4 Å². The summed E-state index contributed by atoms with van der Waals surface area (Å²) in [6.45, 7) is 12.9. The molecule has 9 heteroatoms. The summed E-state index contributed by atoms with van der Waals surface area (Å²) in [7, 11) is 1.75. The van der Waals surface area contributed by atoms with Gasteiger partial charge in [0.2, 0.25) is 17.7 Å². The van der Waals surface area contributed by atoms with Gasteiger partial charge in [-0.1, -0.05) is 28.1 Å². The number of likely N-dealkylation sites (N-methyl/N-ethyl adjacent to an activating group) is 1. The molecule has 0 aromatic heterocycles. The van der Waals surface area contributed by atoms with Crippen molar-refractivity contribution in [2.24, 2.45) is 11.8 Å². The van der Waals surface area contributed by atoms with E-state index in [1.165, 1.54) is 0 Å². The predicted octanol–water partition coefficient (Wildman–Crippen LogP) is 2.68. The van der Waals surface area contributed by atoms with Crippen LogP contribution in [0.4, 0.5) is 0 Å². The summed E-state index contributed by atoms with van der Waals surface area (Å²) in [6.07, 6.45) is 6.24. The van der Waals surface area contributed by atoms with Gasteiger partial charge in [0.15, 0.2) is 0 Å². The lowest BCUT2D eigenvalue weighted by Gasteiger charge is -2.39. The lowest BCUT2D eigenvalue weighted by Crippen LogP contribution is -2.57. The van der Waals surface area contributed by atoms with E-state index in [-0.39, 0.29) is 40.4 Å². The Morgan fingerprint density at radius 3 is 2.50 bits per heavy atom. The number of carbonyl (C=O) groups excluding carboxylic acids is 3. The lowest BCUT2D eigenvalue weighted by atomic mass is 9.70. The summed E-state index contributed by atoms with van der Waals surface area (Å²) in [5, 5.41) is 9.12. The van der Waals surface area contributed by atoms with Crippen LogP contribution in [0.2, 0.25) is 0 Å². The Kier molecular flexibility index (Phi) is 8.96. The van der Waals surface area contributed by atoms with Gasteiger partial charge in [-0.05, 0) is 39.5 Å². The molecule has 0 aromatic rings. The molecule has 0 aromatic carbocycles. The van der Waals surface area contributed by atoms with E-state index in [0.717, 1.165) is 6.42 Å². The van der Waals surface area contributed by atoms with Crippen molar-refractivity contribution in [2.75, 3.05) is 33.3 Å². The Hall–Kier alpha value is -1.32. The number of likely N-dealkylation sites (tertiary alicyclic amines) is 1. The molecule has 1 N–H and O–H groups in total. The quantitative estimate of drug-likeness (QED) is 0.227. The highest BCUT2D eigenvalue weighted by Crippen LogP contribution is 2.68. The molecule has 3 aliphatic rings. The highest BCUT2D eigenvalue weighted by atomic mass is 79.9. The molecular formula is C25H38BrN3O4S. The average molecular weight is 557 g/mol. The summed E-state index contributed by atoms with van der Waals surface area (Å²) in [5.74, 6) is -1.18. The largest absolute Gasteiger partial charge is 0.396 e. The smallest absolute Gasteiger partial charge is 0.247 e. The van der Waals surface area contributed by atoms with Crippen LogP contribution in [0.25, 0.3) is 0 Å². The molecule has 0 aliphatic carbocycles. The first-order chi connectivity index (χ1) is 16.2. The minimum Gasteiger partial charge on any atom is -0.396 e. The summed E-state index contributed by atoms with van der Waals surface area (Å²) in [6, 6.07) is -0.647. The van der Waals surface area contributed by atoms with E-state index in [0.29, 0.717) is 38.9 Å². The zero-order chi connectivity index (χ0) is 25.2. The van der Waals surface area contributed by atoms with E-state index in [2.05, 4.69) is 29.1 Å². The molecule has 0 saturated carbocycles. The molecule has 6 atom stereocenters. The number of thioether (sulfide) groups is 1. The van der Waals surface area contributed by atoms with Gasteiger partial charge in [0.05, 0.1) is 16.6 Å². The fraction of sp³-hybridized carbons (Fsp3) is 0.720. The highest BCUT2D eigenvalue weighted by molar-refractivity contribution is 9.09. The van der Waals surface area contributed by atoms with Gasteiger partial charge in [-0.25, -0.2) is 0 Å². The van der Waals surface area contributed by atoms with Crippen molar-refractivity contribution in [1.82, 2.24) is 14.7 Å². The van der Waals surface area contributed by atoms with Gasteiger partial charge in [-0.2, -0.15) is 0 Å². The molecule has 3 saturated heterocycles. The number of hydrogen-bond donors (Lipinski definition) is 1. The van der Waals surface area contributed by atoms with E-state index in [1.807, 2.05) is 13.8 Å². The van der Waals surface area contributed by atoms with Crippen LogP contribution in [0.1, 0.15) is 39.5 Å². The molecule has 3 amide bonds. The summed E-state index contributed by atoms with van der Waals surface area (Å²) in [5.41, 5.74) is 0. The second-order valence-electron chi connectivity index (χ2n) is 9.86. The molecule has 3 fully saturated rings. The standard InChI is InChI=1S/C25H38BrN3O4S/c1-6-11-27(5)22(31)18-19-23(32)29(13-9-8-10-14-30)21(24(33)28(12-7-2)16(3)4)25(19)15-17(26)20(18)34-25/h6-7,16-21,30H,1-2,8-15H2,3-5H3/t17?,18-,19-,20-,21?,25?/m0/s1. The molecule has 7 nitrogen and oxygen atoms in total. The molecule has 3 unspecified atom stereocenters. The first kappa shape index (κ1) is 27.3. The molecule has 3 heterocycles. The topological polar surface area (TPSA) is 81.2 Å². The second-order valence-corrected chi connectivity index (χ2v) is 12.6. The Morgan fingerprint density at radius 2 is 1.91 bits per heavy atom. The van der Waals surface area contributed by atoms with E-state index in [9.17, 15) is 19.5 Å². The van der Waals surface area contributed by atoms with Crippen molar-refractivity contribution in [3.8, 4) is 0 Å². The minimum absolute atomic E-state index is 0.0354. The Balaban J connectivity index is 2.02. The van der Waals surface area contributed by atoms with E-state index >= 15 is 0 Å². The number of aliphatic hydroxyl groups excluding tert-OH is 1. The first-order valence-electron chi connectivity index (χ1n) is 12.2. The van der Waals surface area contributed by atoms with Crippen molar-refractivity contribution in [2.45, 2.75) is 66.4 Å². The highest BCUT2D eigenvalue weighted by Gasteiger charge is 2.75. The zero-order valence-electron chi connectivity index (χ0n) is 20.5. The maximum atomic E-state index is 14.1. The summed E-state index contributed by atoms with van der Waals surface area (Å²) >= 11 is 5.47. The third-order valence-electron chi connectivity index (χ3n) is 7.38. The number of amides is 3. The number of rotatable bonds is 12. The Labute approximate surface area is 216 Å². The van der Waals surface area contributed by atoms with E-state index < -0.39 is 22.6 Å². The van der Waals surface area contributed by atoms with Crippen LogP contribution in [0, 0.1) is 11.8 Å². The first-order valence-corrected chi connectivity index (χ1v) is 14.0. The molecule has 34 heavy (non-hydrogen) atoms. The number of fused-ring (bicyclic) bond motifs is 1. The predicted molar refractivity (Wildman–Crippen MR) is 140 cm³/mol. The van der Waals surface area contributed by atoms with Crippen LogP contribution in [0.15, 0.2) is 25.3 Å². The number of halogens is 1. The zero-order valence-corrected chi connectivity index (χ0v) is 22.9. The van der Waals surface area contributed by atoms with Gasteiger partial charge in [0.25, 0.3) is 0 Å². The van der Waals surface area contributed by atoms with Gasteiger partial charge < -0.3 is 19.8 Å². The van der Waals surface area contributed by atoms with Gasteiger partial charge in [0, 0.05) is 49.4 Å². The SMILES string of the molecule is C=CCN(C)C(=O)[C@H]1[C@H]2C(=O)N(CCCCCO)C(C(=O)N(CC=C)C(C)C)C23CC(Br)[C@@H]1S3. The van der Waals surface area contributed by atoms with Gasteiger partial charge in [0.1, 0.15) is 6.04 Å². The fourth-order valence-electron chi connectivity index (χ4n) is 5.89. The minimum atomic E-state index is -0.631. The Morgan fingerprint density at radius 1 is 1.24 bits per heavy atom. The summed E-state index contributed by atoms with van der Waals surface area (Å²) in [4.78, 5) is 46.8. The maximum absolute atomic E-state index is 14.1. The Bertz CT molecular complexity index is 824. The molecule has 3 rings (SSSR count).